The number of hydrogen-bond donors (Lipinski definition) is 1. The lowest BCUT2D eigenvalue weighted by atomic mass is 10.4. The third-order valence-corrected chi connectivity index (χ3v) is 2.05. The Hall–Kier alpha value is -1.40. The van der Waals surface area contributed by atoms with Crippen LogP contribution in [0.5, 0.6) is 0 Å². The second-order valence-electron chi connectivity index (χ2n) is 3.51. The maximum absolute atomic E-state index is 11.6. The Morgan fingerprint density at radius 2 is 2.25 bits per heavy atom. The standard InChI is InChI=1S/C10H17N3O3/c1-12(2)9-7-10(15)13(11-8-9)3-5-16-6-4-14/h7-8,14H,3-6H2,1-2H3. The van der Waals surface area contributed by atoms with E-state index >= 15 is 0 Å². The average molecular weight is 227 g/mol. The van der Waals surface area contributed by atoms with Gasteiger partial charge in [-0.25, -0.2) is 4.68 Å². The second kappa shape index (κ2) is 6.24. The van der Waals surface area contributed by atoms with Crippen molar-refractivity contribution < 1.29 is 9.84 Å². The van der Waals surface area contributed by atoms with Crippen LogP contribution in [-0.2, 0) is 11.3 Å². The van der Waals surface area contributed by atoms with Gasteiger partial charge in [-0.1, -0.05) is 0 Å². The van der Waals surface area contributed by atoms with Gasteiger partial charge in [0.1, 0.15) is 0 Å². The highest BCUT2D eigenvalue weighted by atomic mass is 16.5. The molecule has 0 aliphatic heterocycles. The minimum absolute atomic E-state index is 0.0120. The predicted molar refractivity (Wildman–Crippen MR) is 60.7 cm³/mol. The summed E-state index contributed by atoms with van der Waals surface area (Å²) in [7, 11) is 3.70. The zero-order chi connectivity index (χ0) is 12.0. The topological polar surface area (TPSA) is 67.6 Å². The van der Waals surface area contributed by atoms with Crippen LogP contribution in [0.15, 0.2) is 17.1 Å². The minimum Gasteiger partial charge on any atom is -0.394 e. The van der Waals surface area contributed by atoms with Gasteiger partial charge in [0.05, 0.1) is 38.2 Å². The van der Waals surface area contributed by atoms with Crippen LogP contribution >= 0.6 is 0 Å². The molecule has 0 fully saturated rings. The molecule has 0 amide bonds. The van der Waals surface area contributed by atoms with Gasteiger partial charge < -0.3 is 14.7 Å². The van der Waals surface area contributed by atoms with Crippen molar-refractivity contribution in [3.63, 3.8) is 0 Å². The molecule has 0 radical (unpaired) electrons. The number of aliphatic hydroxyl groups is 1. The molecule has 0 aliphatic rings. The fourth-order valence-corrected chi connectivity index (χ4v) is 1.15. The van der Waals surface area contributed by atoms with Crippen molar-refractivity contribution in [1.82, 2.24) is 9.78 Å². The summed E-state index contributed by atoms with van der Waals surface area (Å²) in [5.41, 5.74) is 0.622. The van der Waals surface area contributed by atoms with Crippen molar-refractivity contribution in [1.29, 1.82) is 0 Å². The number of aliphatic hydroxyl groups excluding tert-OH is 1. The van der Waals surface area contributed by atoms with E-state index in [0.717, 1.165) is 5.69 Å². The van der Waals surface area contributed by atoms with Crippen LogP contribution in [0.4, 0.5) is 5.69 Å². The summed E-state index contributed by atoms with van der Waals surface area (Å²) in [5.74, 6) is 0. The average Bonchev–Trinajstić information content (AvgIpc) is 2.26. The molecule has 0 saturated carbocycles. The molecule has 1 aromatic heterocycles. The van der Waals surface area contributed by atoms with E-state index in [1.54, 1.807) is 6.20 Å². The van der Waals surface area contributed by atoms with Gasteiger partial charge in [-0.2, -0.15) is 5.10 Å². The Kier molecular flexibility index (Phi) is 4.94. The molecule has 1 N–H and O–H groups in total. The molecule has 1 rings (SSSR count). The smallest absolute Gasteiger partial charge is 0.268 e. The first kappa shape index (κ1) is 12.7. The van der Waals surface area contributed by atoms with Crippen LogP contribution in [0.25, 0.3) is 0 Å². The van der Waals surface area contributed by atoms with E-state index in [0.29, 0.717) is 13.2 Å². The molecule has 0 bridgehead atoms. The maximum Gasteiger partial charge on any atom is 0.268 e. The summed E-state index contributed by atoms with van der Waals surface area (Å²) >= 11 is 0. The molecule has 6 heteroatoms. The number of nitrogens with zero attached hydrogens (tertiary/aromatic N) is 3. The summed E-state index contributed by atoms with van der Waals surface area (Å²) in [6.45, 7) is 1.04. The first-order valence-electron chi connectivity index (χ1n) is 5.08. The Bertz CT molecular complexity index is 376. The number of rotatable bonds is 6. The summed E-state index contributed by atoms with van der Waals surface area (Å²) in [4.78, 5) is 13.4. The van der Waals surface area contributed by atoms with E-state index in [9.17, 15) is 4.79 Å². The van der Waals surface area contributed by atoms with Crippen molar-refractivity contribution >= 4 is 5.69 Å². The van der Waals surface area contributed by atoms with E-state index in [2.05, 4.69) is 5.10 Å². The molecular formula is C10H17N3O3. The first-order chi connectivity index (χ1) is 7.65. The summed E-state index contributed by atoms with van der Waals surface area (Å²) < 4.78 is 6.40. The molecule has 0 unspecified atom stereocenters. The largest absolute Gasteiger partial charge is 0.394 e. The quantitative estimate of drug-likeness (QED) is 0.652. The van der Waals surface area contributed by atoms with Gasteiger partial charge in [-0.3, -0.25) is 4.79 Å². The molecule has 0 saturated heterocycles. The highest BCUT2D eigenvalue weighted by Crippen LogP contribution is 2.02. The normalized spacial score (nSPS) is 10.4. The van der Waals surface area contributed by atoms with Crippen LogP contribution in [0.1, 0.15) is 0 Å². The van der Waals surface area contributed by atoms with Gasteiger partial charge in [0.15, 0.2) is 0 Å². The van der Waals surface area contributed by atoms with Crippen molar-refractivity contribution in [3.8, 4) is 0 Å². The molecule has 1 heterocycles. The van der Waals surface area contributed by atoms with Crippen molar-refractivity contribution in [2.45, 2.75) is 6.54 Å². The third-order valence-electron chi connectivity index (χ3n) is 2.05. The number of aromatic nitrogens is 2. The monoisotopic (exact) mass is 227 g/mol. The van der Waals surface area contributed by atoms with Crippen molar-refractivity contribution in [2.24, 2.45) is 0 Å². The highest BCUT2D eigenvalue weighted by molar-refractivity contribution is 5.40. The van der Waals surface area contributed by atoms with Crippen LogP contribution in [0, 0.1) is 0 Å². The zero-order valence-corrected chi connectivity index (χ0v) is 9.59. The summed E-state index contributed by atoms with van der Waals surface area (Å²) in [6, 6.07) is 1.53. The molecule has 90 valence electrons. The minimum atomic E-state index is -0.154. The zero-order valence-electron chi connectivity index (χ0n) is 9.59. The molecular weight excluding hydrogens is 210 g/mol. The van der Waals surface area contributed by atoms with Crippen LogP contribution < -0.4 is 10.5 Å². The summed E-state index contributed by atoms with van der Waals surface area (Å²) in [6.07, 6.45) is 1.63. The lowest BCUT2D eigenvalue weighted by Gasteiger charge is -2.12. The van der Waals surface area contributed by atoms with Crippen molar-refractivity contribution in [3.05, 3.63) is 22.6 Å². The van der Waals surface area contributed by atoms with Gasteiger partial charge in [0.2, 0.25) is 0 Å². The maximum atomic E-state index is 11.6. The third kappa shape index (κ3) is 3.63. The Morgan fingerprint density at radius 3 is 2.81 bits per heavy atom. The van der Waals surface area contributed by atoms with Crippen LogP contribution in [0.3, 0.4) is 0 Å². The molecule has 0 aliphatic carbocycles. The van der Waals surface area contributed by atoms with E-state index in [1.165, 1.54) is 10.7 Å². The van der Waals surface area contributed by atoms with E-state index in [4.69, 9.17) is 9.84 Å². The molecule has 0 aromatic carbocycles. The lowest BCUT2D eigenvalue weighted by molar-refractivity contribution is 0.0847. The van der Waals surface area contributed by atoms with Gasteiger partial charge in [0, 0.05) is 20.2 Å². The van der Waals surface area contributed by atoms with Crippen molar-refractivity contribution in [2.75, 3.05) is 38.8 Å². The van der Waals surface area contributed by atoms with Gasteiger partial charge >= 0.3 is 0 Å². The van der Waals surface area contributed by atoms with E-state index < -0.39 is 0 Å². The number of anilines is 1. The molecule has 16 heavy (non-hydrogen) atoms. The van der Waals surface area contributed by atoms with Crippen LogP contribution in [0.2, 0.25) is 0 Å². The molecule has 6 nitrogen and oxygen atoms in total. The molecule has 0 spiro atoms. The van der Waals surface area contributed by atoms with Gasteiger partial charge in [-0.15, -0.1) is 0 Å². The predicted octanol–water partition coefficient (Wildman–Crippen LogP) is -0.682. The fourth-order valence-electron chi connectivity index (χ4n) is 1.15. The Balaban J connectivity index is 2.58. The van der Waals surface area contributed by atoms with Crippen LogP contribution in [-0.4, -0.2) is 48.8 Å². The Morgan fingerprint density at radius 1 is 1.50 bits per heavy atom. The summed E-state index contributed by atoms with van der Waals surface area (Å²) in [5, 5.41) is 12.5. The number of ether oxygens (including phenoxy) is 1. The van der Waals surface area contributed by atoms with E-state index in [1.807, 2.05) is 19.0 Å². The first-order valence-corrected chi connectivity index (χ1v) is 5.08. The van der Waals surface area contributed by atoms with Gasteiger partial charge in [0.25, 0.3) is 5.56 Å². The highest BCUT2D eigenvalue weighted by Gasteiger charge is 2.01. The number of hydrogen-bond acceptors (Lipinski definition) is 5. The van der Waals surface area contributed by atoms with E-state index in [-0.39, 0.29) is 18.8 Å². The lowest BCUT2D eigenvalue weighted by Crippen LogP contribution is -2.26. The molecule has 1 aromatic rings. The SMILES string of the molecule is CN(C)c1cnn(CCOCCO)c(=O)c1. The Labute approximate surface area is 94.1 Å². The van der Waals surface area contributed by atoms with Gasteiger partial charge in [-0.05, 0) is 0 Å². The molecule has 0 atom stereocenters. The second-order valence-corrected chi connectivity index (χ2v) is 3.51. The fraction of sp³-hybridized carbons (Fsp3) is 0.600.